The van der Waals surface area contributed by atoms with Crippen LogP contribution in [0.25, 0.3) is 0 Å². The lowest BCUT2D eigenvalue weighted by molar-refractivity contribution is -0.384. The fourth-order valence-electron chi connectivity index (χ4n) is 1.41. The molecule has 5 heteroatoms. The van der Waals surface area contributed by atoms with E-state index in [4.69, 9.17) is 5.73 Å². The van der Waals surface area contributed by atoms with Crippen LogP contribution in [0, 0.1) is 10.1 Å². The predicted molar refractivity (Wildman–Crippen MR) is 55.6 cm³/mol. The summed E-state index contributed by atoms with van der Waals surface area (Å²) in [6.45, 7) is 1.93. The summed E-state index contributed by atoms with van der Waals surface area (Å²) in [7, 11) is 0. The molecule has 0 spiro atoms. The molecule has 0 saturated heterocycles. The Hall–Kier alpha value is -1.91. The highest BCUT2D eigenvalue weighted by molar-refractivity contribution is 5.94. The number of benzene rings is 1. The number of nitro benzene ring substituents is 1. The minimum Gasteiger partial charge on any atom is -0.366 e. The van der Waals surface area contributed by atoms with E-state index in [0.717, 1.165) is 6.42 Å². The van der Waals surface area contributed by atoms with Crippen molar-refractivity contribution in [3.8, 4) is 0 Å². The molecule has 0 aliphatic carbocycles. The molecule has 1 aromatic rings. The van der Waals surface area contributed by atoms with Crippen molar-refractivity contribution in [2.75, 3.05) is 0 Å². The first-order valence-electron chi connectivity index (χ1n) is 4.63. The van der Waals surface area contributed by atoms with Crippen LogP contribution < -0.4 is 5.73 Å². The highest BCUT2D eigenvalue weighted by Crippen LogP contribution is 2.18. The number of carbonyl (C=O) groups excluding carboxylic acids is 1. The average molecular weight is 208 g/mol. The molecular formula is C10H12N2O3. The molecule has 1 rings (SSSR count). The number of non-ortho nitro benzene ring substituents is 1. The van der Waals surface area contributed by atoms with E-state index in [1.807, 2.05) is 6.92 Å². The number of nitrogens with two attached hydrogens (primary N) is 1. The Morgan fingerprint density at radius 1 is 1.53 bits per heavy atom. The van der Waals surface area contributed by atoms with Crippen LogP contribution in [-0.4, -0.2) is 10.8 Å². The smallest absolute Gasteiger partial charge is 0.269 e. The first-order valence-corrected chi connectivity index (χ1v) is 4.63. The number of rotatable bonds is 4. The molecule has 0 radical (unpaired) electrons. The Morgan fingerprint density at radius 3 is 2.67 bits per heavy atom. The summed E-state index contributed by atoms with van der Waals surface area (Å²) < 4.78 is 0. The van der Waals surface area contributed by atoms with Gasteiger partial charge in [0.15, 0.2) is 0 Å². The second-order valence-electron chi connectivity index (χ2n) is 3.21. The molecule has 0 heterocycles. The zero-order valence-corrected chi connectivity index (χ0v) is 8.40. The number of primary amides is 1. The van der Waals surface area contributed by atoms with E-state index in [1.165, 1.54) is 18.2 Å². The summed E-state index contributed by atoms with van der Waals surface area (Å²) in [5.74, 6) is -0.548. The molecule has 1 amide bonds. The monoisotopic (exact) mass is 208 g/mol. The molecule has 0 aromatic heterocycles. The Labute approximate surface area is 87.0 Å². The van der Waals surface area contributed by atoms with Crippen molar-refractivity contribution in [2.24, 2.45) is 5.73 Å². The lowest BCUT2D eigenvalue weighted by atomic mass is 10.0. The molecule has 2 N–H and O–H groups in total. The standard InChI is InChI=1S/C10H12N2O3/c1-2-3-7-6-8(12(14)15)4-5-9(7)10(11)13/h4-6H,2-3H2,1H3,(H2,11,13). The Balaban J connectivity index is 3.20. The van der Waals surface area contributed by atoms with Crippen molar-refractivity contribution in [3.05, 3.63) is 39.4 Å². The topological polar surface area (TPSA) is 86.2 Å². The van der Waals surface area contributed by atoms with Gasteiger partial charge in [-0.05, 0) is 18.1 Å². The number of hydrogen-bond donors (Lipinski definition) is 1. The third kappa shape index (κ3) is 2.52. The van der Waals surface area contributed by atoms with Crippen molar-refractivity contribution < 1.29 is 9.72 Å². The van der Waals surface area contributed by atoms with E-state index in [2.05, 4.69) is 0 Å². The van der Waals surface area contributed by atoms with Gasteiger partial charge in [-0.1, -0.05) is 13.3 Å². The van der Waals surface area contributed by atoms with Gasteiger partial charge in [0.25, 0.3) is 5.69 Å². The molecule has 0 unspecified atom stereocenters. The van der Waals surface area contributed by atoms with E-state index in [1.54, 1.807) is 0 Å². The van der Waals surface area contributed by atoms with Crippen molar-refractivity contribution in [1.29, 1.82) is 0 Å². The van der Waals surface area contributed by atoms with Gasteiger partial charge in [-0.3, -0.25) is 14.9 Å². The van der Waals surface area contributed by atoms with Gasteiger partial charge in [0.05, 0.1) is 4.92 Å². The van der Waals surface area contributed by atoms with E-state index < -0.39 is 10.8 Å². The van der Waals surface area contributed by atoms with Gasteiger partial charge >= 0.3 is 0 Å². The highest BCUT2D eigenvalue weighted by atomic mass is 16.6. The van der Waals surface area contributed by atoms with Crippen LogP contribution in [0.3, 0.4) is 0 Å². The van der Waals surface area contributed by atoms with Gasteiger partial charge in [0.2, 0.25) is 5.91 Å². The number of nitrogens with zero attached hydrogens (tertiary/aromatic N) is 1. The SMILES string of the molecule is CCCc1cc([N+](=O)[O-])ccc1C(N)=O. The molecule has 0 aliphatic heterocycles. The Morgan fingerprint density at radius 2 is 2.20 bits per heavy atom. The first kappa shape index (κ1) is 11.2. The van der Waals surface area contributed by atoms with Crippen LogP contribution in [0.15, 0.2) is 18.2 Å². The Kier molecular flexibility index (Phi) is 3.38. The maximum Gasteiger partial charge on any atom is 0.269 e. The summed E-state index contributed by atoms with van der Waals surface area (Å²) in [5, 5.41) is 10.5. The minimum absolute atomic E-state index is 0.0107. The minimum atomic E-state index is -0.548. The zero-order valence-electron chi connectivity index (χ0n) is 8.40. The number of aryl methyl sites for hydroxylation is 1. The molecule has 0 fully saturated rings. The molecular weight excluding hydrogens is 196 g/mol. The summed E-state index contributed by atoms with van der Waals surface area (Å²) >= 11 is 0. The van der Waals surface area contributed by atoms with Crippen LogP contribution in [0.2, 0.25) is 0 Å². The second-order valence-corrected chi connectivity index (χ2v) is 3.21. The number of carbonyl (C=O) groups is 1. The van der Waals surface area contributed by atoms with E-state index in [-0.39, 0.29) is 5.69 Å². The van der Waals surface area contributed by atoms with E-state index in [9.17, 15) is 14.9 Å². The number of amides is 1. The van der Waals surface area contributed by atoms with Crippen molar-refractivity contribution in [3.63, 3.8) is 0 Å². The lowest BCUT2D eigenvalue weighted by Crippen LogP contribution is -2.13. The van der Waals surface area contributed by atoms with E-state index >= 15 is 0 Å². The van der Waals surface area contributed by atoms with Gasteiger partial charge in [-0.25, -0.2) is 0 Å². The number of hydrogen-bond acceptors (Lipinski definition) is 3. The van der Waals surface area contributed by atoms with Crippen LogP contribution in [-0.2, 0) is 6.42 Å². The van der Waals surface area contributed by atoms with Crippen LogP contribution in [0.1, 0.15) is 29.3 Å². The third-order valence-corrected chi connectivity index (χ3v) is 2.08. The fourth-order valence-corrected chi connectivity index (χ4v) is 1.41. The Bertz CT molecular complexity index is 402. The fraction of sp³-hybridized carbons (Fsp3) is 0.300. The predicted octanol–water partition coefficient (Wildman–Crippen LogP) is 1.65. The third-order valence-electron chi connectivity index (χ3n) is 2.08. The quantitative estimate of drug-likeness (QED) is 0.602. The van der Waals surface area contributed by atoms with Crippen molar-refractivity contribution in [1.82, 2.24) is 0 Å². The maximum atomic E-state index is 11.0. The van der Waals surface area contributed by atoms with Crippen LogP contribution in [0.5, 0.6) is 0 Å². The zero-order chi connectivity index (χ0) is 11.4. The van der Waals surface area contributed by atoms with Crippen molar-refractivity contribution >= 4 is 11.6 Å². The van der Waals surface area contributed by atoms with Gasteiger partial charge in [-0.2, -0.15) is 0 Å². The molecule has 0 bridgehead atoms. The normalized spacial score (nSPS) is 9.93. The summed E-state index contributed by atoms with van der Waals surface area (Å²) in [6.07, 6.45) is 1.42. The van der Waals surface area contributed by atoms with Crippen molar-refractivity contribution in [2.45, 2.75) is 19.8 Å². The van der Waals surface area contributed by atoms with Crippen LogP contribution >= 0.6 is 0 Å². The van der Waals surface area contributed by atoms with Crippen LogP contribution in [0.4, 0.5) is 5.69 Å². The lowest BCUT2D eigenvalue weighted by Gasteiger charge is -2.04. The summed E-state index contributed by atoms with van der Waals surface area (Å²) in [4.78, 5) is 21.1. The molecule has 1 aromatic carbocycles. The molecule has 5 nitrogen and oxygen atoms in total. The summed E-state index contributed by atoms with van der Waals surface area (Å²) in [6, 6.07) is 4.11. The van der Waals surface area contributed by atoms with E-state index in [0.29, 0.717) is 17.5 Å². The molecule has 15 heavy (non-hydrogen) atoms. The second kappa shape index (κ2) is 4.54. The maximum absolute atomic E-state index is 11.0. The van der Waals surface area contributed by atoms with Gasteiger partial charge in [0, 0.05) is 17.7 Å². The largest absolute Gasteiger partial charge is 0.366 e. The van der Waals surface area contributed by atoms with Gasteiger partial charge in [0.1, 0.15) is 0 Å². The van der Waals surface area contributed by atoms with Gasteiger partial charge < -0.3 is 5.73 Å². The summed E-state index contributed by atoms with van der Waals surface area (Å²) in [5.41, 5.74) is 6.15. The highest BCUT2D eigenvalue weighted by Gasteiger charge is 2.12. The molecule has 0 aliphatic rings. The molecule has 80 valence electrons. The average Bonchev–Trinajstić information content (AvgIpc) is 2.17. The molecule has 0 saturated carbocycles. The van der Waals surface area contributed by atoms with Gasteiger partial charge in [-0.15, -0.1) is 0 Å². The number of nitro groups is 1. The molecule has 0 atom stereocenters. The first-order chi connectivity index (χ1) is 7.06.